The summed E-state index contributed by atoms with van der Waals surface area (Å²) in [7, 11) is 0. The maximum absolute atomic E-state index is 12.8. The molecule has 0 aliphatic rings. The average molecular weight is 950 g/mol. The number of rotatable bonds is 52. The molecular formula is C62H108O6. The third-order valence-corrected chi connectivity index (χ3v) is 12.4. The Kier molecular flexibility index (Phi) is 53.8. The minimum atomic E-state index is -0.788. The standard InChI is InChI=1S/C62H108O6/c1-4-7-10-13-16-19-22-25-27-29-31-33-35-37-40-42-45-48-51-54-60(63)66-57-59(68-62(65)56-53-50-47-44-39-24-21-18-15-12-9-6-3)58-67-61(64)55-52-49-46-43-41-38-36-34-32-30-28-26-23-20-17-14-11-8-5-2/h16-17,19-20,25-28,31,33,37,40,59H,4-15,18,21-24,29-30,32,34-36,38-39,41-58H2,1-3H3/b19-16-,20-17-,27-25-,28-26-,33-31-,40-37-/t59-/m1/s1. The predicted octanol–water partition coefficient (Wildman–Crippen LogP) is 19.4. The molecule has 0 aliphatic heterocycles. The lowest BCUT2D eigenvalue weighted by molar-refractivity contribution is -0.167. The molecule has 0 aromatic carbocycles. The monoisotopic (exact) mass is 949 g/mol. The van der Waals surface area contributed by atoms with Crippen molar-refractivity contribution in [1.29, 1.82) is 0 Å². The molecule has 0 N–H and O–H groups in total. The van der Waals surface area contributed by atoms with Gasteiger partial charge >= 0.3 is 17.9 Å². The van der Waals surface area contributed by atoms with Crippen LogP contribution < -0.4 is 0 Å². The fraction of sp³-hybridized carbons (Fsp3) is 0.758. The molecule has 392 valence electrons. The van der Waals surface area contributed by atoms with Gasteiger partial charge in [0.25, 0.3) is 0 Å². The minimum absolute atomic E-state index is 0.0860. The van der Waals surface area contributed by atoms with Gasteiger partial charge in [0.2, 0.25) is 0 Å². The van der Waals surface area contributed by atoms with Crippen LogP contribution in [-0.4, -0.2) is 37.2 Å². The number of esters is 3. The summed E-state index contributed by atoms with van der Waals surface area (Å²) in [6.45, 7) is 6.57. The van der Waals surface area contributed by atoms with Crippen molar-refractivity contribution in [1.82, 2.24) is 0 Å². The van der Waals surface area contributed by atoms with Crippen LogP contribution in [0.1, 0.15) is 284 Å². The van der Waals surface area contributed by atoms with Gasteiger partial charge in [-0.1, -0.05) is 241 Å². The van der Waals surface area contributed by atoms with Crippen LogP contribution >= 0.6 is 0 Å². The van der Waals surface area contributed by atoms with Crippen LogP contribution in [0, 0.1) is 0 Å². The maximum atomic E-state index is 12.8. The molecule has 0 fully saturated rings. The Morgan fingerprint density at radius 3 is 0.868 bits per heavy atom. The molecule has 0 heterocycles. The van der Waals surface area contributed by atoms with Crippen molar-refractivity contribution < 1.29 is 28.6 Å². The van der Waals surface area contributed by atoms with E-state index < -0.39 is 6.10 Å². The fourth-order valence-electron chi connectivity index (χ4n) is 8.04. The van der Waals surface area contributed by atoms with Crippen molar-refractivity contribution in [3.05, 3.63) is 72.9 Å². The lowest BCUT2D eigenvalue weighted by atomic mass is 10.0. The summed E-state index contributed by atoms with van der Waals surface area (Å²) in [5, 5.41) is 0. The molecule has 6 nitrogen and oxygen atoms in total. The number of hydrogen-bond acceptors (Lipinski definition) is 6. The van der Waals surface area contributed by atoms with Gasteiger partial charge in [-0.05, 0) is 96.3 Å². The summed E-state index contributed by atoms with van der Waals surface area (Å²) in [6, 6.07) is 0. The van der Waals surface area contributed by atoms with Gasteiger partial charge in [-0.3, -0.25) is 14.4 Å². The number of carbonyl (C=O) groups excluding carboxylic acids is 3. The second-order valence-corrected chi connectivity index (χ2v) is 19.2. The van der Waals surface area contributed by atoms with Gasteiger partial charge in [0, 0.05) is 19.3 Å². The van der Waals surface area contributed by atoms with Crippen LogP contribution in [0.2, 0.25) is 0 Å². The van der Waals surface area contributed by atoms with Crippen LogP contribution in [0.3, 0.4) is 0 Å². The van der Waals surface area contributed by atoms with Crippen molar-refractivity contribution in [3.8, 4) is 0 Å². The average Bonchev–Trinajstić information content (AvgIpc) is 3.34. The molecule has 0 bridgehead atoms. The van der Waals surface area contributed by atoms with E-state index in [2.05, 4.69) is 93.7 Å². The van der Waals surface area contributed by atoms with Gasteiger partial charge < -0.3 is 14.2 Å². The summed E-state index contributed by atoms with van der Waals surface area (Å²) < 4.78 is 16.8. The maximum Gasteiger partial charge on any atom is 0.306 e. The molecule has 0 unspecified atom stereocenters. The van der Waals surface area contributed by atoms with Gasteiger partial charge in [-0.15, -0.1) is 0 Å². The molecule has 0 spiro atoms. The summed E-state index contributed by atoms with van der Waals surface area (Å²) in [4.78, 5) is 38.1. The SMILES string of the molecule is CCCCC/C=C\C/C=C\C/C=C\C/C=C\CCCCCC(=O)OC[C@H](COC(=O)CCCCCCCCCCC/C=C\C/C=C\CCCCC)OC(=O)CCCCCCCCCCCCCC. The van der Waals surface area contributed by atoms with Crippen LogP contribution in [0.5, 0.6) is 0 Å². The molecular weight excluding hydrogens is 841 g/mol. The predicted molar refractivity (Wildman–Crippen MR) is 293 cm³/mol. The first-order valence-corrected chi connectivity index (χ1v) is 28.9. The van der Waals surface area contributed by atoms with Gasteiger partial charge in [-0.2, -0.15) is 0 Å². The summed E-state index contributed by atoms with van der Waals surface area (Å²) in [6.07, 6.45) is 71.7. The summed E-state index contributed by atoms with van der Waals surface area (Å²) in [5.41, 5.74) is 0. The highest BCUT2D eigenvalue weighted by Gasteiger charge is 2.19. The van der Waals surface area contributed by atoms with E-state index in [1.807, 2.05) is 0 Å². The van der Waals surface area contributed by atoms with Crippen LogP contribution in [-0.2, 0) is 28.6 Å². The Bertz CT molecular complexity index is 1270. The molecule has 6 heteroatoms. The lowest BCUT2D eigenvalue weighted by Crippen LogP contribution is -2.30. The molecule has 0 aromatic heterocycles. The smallest absolute Gasteiger partial charge is 0.306 e. The van der Waals surface area contributed by atoms with Crippen molar-refractivity contribution >= 4 is 17.9 Å². The fourth-order valence-corrected chi connectivity index (χ4v) is 8.04. The normalized spacial score (nSPS) is 12.6. The molecule has 0 saturated heterocycles. The second-order valence-electron chi connectivity index (χ2n) is 19.2. The molecule has 1 atom stereocenters. The number of carbonyl (C=O) groups is 3. The molecule has 0 rings (SSSR count). The summed E-state index contributed by atoms with van der Waals surface area (Å²) >= 11 is 0. The van der Waals surface area contributed by atoms with Crippen LogP contribution in [0.4, 0.5) is 0 Å². The third kappa shape index (κ3) is 53.8. The van der Waals surface area contributed by atoms with Crippen molar-refractivity contribution in [2.24, 2.45) is 0 Å². The van der Waals surface area contributed by atoms with E-state index in [1.165, 1.54) is 154 Å². The molecule has 0 aliphatic carbocycles. The number of ether oxygens (including phenoxy) is 3. The highest BCUT2D eigenvalue weighted by Crippen LogP contribution is 2.15. The Morgan fingerprint density at radius 2 is 0.529 bits per heavy atom. The first-order valence-electron chi connectivity index (χ1n) is 28.9. The van der Waals surface area contributed by atoms with Crippen molar-refractivity contribution in [2.45, 2.75) is 290 Å². The van der Waals surface area contributed by atoms with E-state index in [4.69, 9.17) is 14.2 Å². The van der Waals surface area contributed by atoms with E-state index >= 15 is 0 Å². The Morgan fingerprint density at radius 1 is 0.294 bits per heavy atom. The van der Waals surface area contributed by atoms with E-state index in [-0.39, 0.29) is 31.1 Å². The molecule has 0 amide bonds. The quantitative estimate of drug-likeness (QED) is 0.0262. The topological polar surface area (TPSA) is 78.9 Å². The number of allylic oxidation sites excluding steroid dienone is 12. The van der Waals surface area contributed by atoms with E-state index in [0.717, 1.165) is 89.9 Å². The van der Waals surface area contributed by atoms with E-state index in [0.29, 0.717) is 19.3 Å². The molecule has 68 heavy (non-hydrogen) atoms. The van der Waals surface area contributed by atoms with Crippen LogP contribution in [0.25, 0.3) is 0 Å². The third-order valence-electron chi connectivity index (χ3n) is 12.4. The van der Waals surface area contributed by atoms with Crippen LogP contribution in [0.15, 0.2) is 72.9 Å². The number of unbranched alkanes of at least 4 members (excludes halogenated alkanes) is 29. The highest BCUT2D eigenvalue weighted by molar-refractivity contribution is 5.71. The zero-order valence-electron chi connectivity index (χ0n) is 44.9. The van der Waals surface area contributed by atoms with Gasteiger partial charge in [0.1, 0.15) is 13.2 Å². The Balaban J connectivity index is 4.39. The van der Waals surface area contributed by atoms with E-state index in [1.54, 1.807) is 0 Å². The largest absolute Gasteiger partial charge is 0.462 e. The first-order chi connectivity index (χ1) is 33.5. The van der Waals surface area contributed by atoms with Crippen molar-refractivity contribution in [2.75, 3.05) is 13.2 Å². The summed E-state index contributed by atoms with van der Waals surface area (Å²) in [5.74, 6) is -0.913. The zero-order valence-corrected chi connectivity index (χ0v) is 44.9. The Hall–Kier alpha value is -3.15. The Labute approximate surface area is 421 Å². The molecule has 0 radical (unpaired) electrons. The zero-order chi connectivity index (χ0) is 49.3. The number of hydrogen-bond donors (Lipinski definition) is 0. The van der Waals surface area contributed by atoms with Gasteiger partial charge in [-0.25, -0.2) is 0 Å². The highest BCUT2D eigenvalue weighted by atomic mass is 16.6. The first kappa shape index (κ1) is 64.8. The second kappa shape index (κ2) is 56.4. The van der Waals surface area contributed by atoms with Gasteiger partial charge in [0.15, 0.2) is 6.10 Å². The molecule has 0 aromatic rings. The van der Waals surface area contributed by atoms with Crippen molar-refractivity contribution in [3.63, 3.8) is 0 Å². The van der Waals surface area contributed by atoms with Gasteiger partial charge in [0.05, 0.1) is 0 Å². The lowest BCUT2D eigenvalue weighted by Gasteiger charge is -2.18. The molecule has 0 saturated carbocycles. The van der Waals surface area contributed by atoms with E-state index in [9.17, 15) is 14.4 Å². The minimum Gasteiger partial charge on any atom is -0.462 e.